The number of benzene rings is 1. The predicted octanol–water partition coefficient (Wildman–Crippen LogP) is 1.53. The molecule has 2 N–H and O–H groups in total. The van der Waals surface area contributed by atoms with Crippen molar-refractivity contribution < 1.29 is 14.4 Å². The molecule has 1 aliphatic heterocycles. The van der Waals surface area contributed by atoms with E-state index >= 15 is 0 Å². The van der Waals surface area contributed by atoms with Gasteiger partial charge in [0, 0.05) is 12.1 Å². The maximum Gasteiger partial charge on any atom is 0.244 e. The number of nitrogens with zero attached hydrogens (tertiary/aromatic N) is 2. The summed E-state index contributed by atoms with van der Waals surface area (Å²) in [6, 6.07) is 7.52. The molecule has 1 aromatic heterocycles. The molecule has 0 unspecified atom stereocenters. The molecule has 2 heterocycles. The largest absolute Gasteiger partial charge is 0.494 e. The van der Waals surface area contributed by atoms with Crippen LogP contribution in [-0.2, 0) is 0 Å². The molecule has 0 radical (unpaired) electrons. The molecule has 0 spiro atoms. The van der Waals surface area contributed by atoms with Gasteiger partial charge in [-0.3, -0.25) is 0 Å². The zero-order valence-electron chi connectivity index (χ0n) is 11.2. The molecule has 1 saturated heterocycles. The van der Waals surface area contributed by atoms with E-state index in [4.69, 9.17) is 9.26 Å². The predicted molar refractivity (Wildman–Crippen MR) is 72.3 cm³/mol. The van der Waals surface area contributed by atoms with Gasteiger partial charge in [-0.2, -0.15) is 4.98 Å². The van der Waals surface area contributed by atoms with Crippen LogP contribution in [0.2, 0.25) is 0 Å². The first-order valence-corrected chi connectivity index (χ1v) is 6.74. The first kappa shape index (κ1) is 13.1. The Kier molecular flexibility index (Phi) is 3.66. The van der Waals surface area contributed by atoms with Crippen LogP contribution in [0.5, 0.6) is 5.75 Å². The SMILES string of the molecule is CCOc1cccc(-c2noc([C@@H]3C[C@@H](O)CN3)n2)c1. The molecule has 106 valence electrons. The summed E-state index contributed by atoms with van der Waals surface area (Å²) in [5, 5.41) is 16.7. The number of hydrogen-bond donors (Lipinski definition) is 2. The summed E-state index contributed by atoms with van der Waals surface area (Å²) in [6.45, 7) is 3.11. The molecule has 0 bridgehead atoms. The Morgan fingerprint density at radius 3 is 3.15 bits per heavy atom. The van der Waals surface area contributed by atoms with Crippen LogP contribution in [0.3, 0.4) is 0 Å². The first-order valence-electron chi connectivity index (χ1n) is 6.74. The second kappa shape index (κ2) is 5.60. The van der Waals surface area contributed by atoms with Crippen molar-refractivity contribution in [2.24, 2.45) is 0 Å². The van der Waals surface area contributed by atoms with Crippen molar-refractivity contribution in [3.63, 3.8) is 0 Å². The standard InChI is InChI=1S/C14H17N3O3/c1-2-19-11-5-3-4-9(6-11)13-16-14(20-17-13)12-7-10(18)8-15-12/h3-6,10,12,15,18H,2,7-8H2,1H3/t10-,12+/m1/s1. The fraction of sp³-hybridized carbons (Fsp3) is 0.429. The van der Waals surface area contributed by atoms with E-state index in [1.807, 2.05) is 31.2 Å². The zero-order valence-corrected chi connectivity index (χ0v) is 11.2. The van der Waals surface area contributed by atoms with Crippen LogP contribution in [0.1, 0.15) is 25.3 Å². The van der Waals surface area contributed by atoms with Crippen LogP contribution >= 0.6 is 0 Å². The summed E-state index contributed by atoms with van der Waals surface area (Å²) >= 11 is 0. The quantitative estimate of drug-likeness (QED) is 0.880. The maximum absolute atomic E-state index is 9.51. The van der Waals surface area contributed by atoms with Gasteiger partial charge < -0.3 is 19.7 Å². The lowest BCUT2D eigenvalue weighted by Gasteiger charge is -2.03. The smallest absolute Gasteiger partial charge is 0.244 e. The minimum Gasteiger partial charge on any atom is -0.494 e. The van der Waals surface area contributed by atoms with Crippen LogP contribution < -0.4 is 10.1 Å². The van der Waals surface area contributed by atoms with Crippen LogP contribution in [-0.4, -0.2) is 34.5 Å². The molecule has 2 aromatic rings. The second-order valence-electron chi connectivity index (χ2n) is 4.77. The molecule has 6 heteroatoms. The summed E-state index contributed by atoms with van der Waals surface area (Å²) in [6.07, 6.45) is 0.247. The van der Waals surface area contributed by atoms with Crippen molar-refractivity contribution in [3.8, 4) is 17.1 Å². The molecule has 0 aliphatic carbocycles. The topological polar surface area (TPSA) is 80.4 Å². The summed E-state index contributed by atoms with van der Waals surface area (Å²) < 4.78 is 10.7. The third kappa shape index (κ3) is 2.66. The lowest BCUT2D eigenvalue weighted by molar-refractivity contribution is 0.191. The van der Waals surface area contributed by atoms with Gasteiger partial charge in [0.05, 0.1) is 18.8 Å². The van der Waals surface area contributed by atoms with E-state index in [1.54, 1.807) is 0 Å². The highest BCUT2D eigenvalue weighted by Crippen LogP contribution is 2.26. The van der Waals surface area contributed by atoms with Gasteiger partial charge in [-0.05, 0) is 25.5 Å². The monoisotopic (exact) mass is 275 g/mol. The molecule has 1 fully saturated rings. The molecule has 2 atom stereocenters. The Labute approximate surface area is 116 Å². The number of β-amino-alcohol motifs (C(OH)–C–C–N with tert-alkyl or cyclic N) is 1. The molecule has 3 rings (SSSR count). The normalized spacial score (nSPS) is 22.1. The first-order chi connectivity index (χ1) is 9.76. The number of rotatable bonds is 4. The van der Waals surface area contributed by atoms with Crippen molar-refractivity contribution in [2.45, 2.75) is 25.5 Å². The highest BCUT2D eigenvalue weighted by molar-refractivity contribution is 5.56. The van der Waals surface area contributed by atoms with Crippen molar-refractivity contribution in [3.05, 3.63) is 30.2 Å². The van der Waals surface area contributed by atoms with E-state index in [0.29, 0.717) is 31.3 Å². The zero-order chi connectivity index (χ0) is 13.9. The van der Waals surface area contributed by atoms with E-state index in [0.717, 1.165) is 11.3 Å². The van der Waals surface area contributed by atoms with Crippen LogP contribution in [0, 0.1) is 0 Å². The number of ether oxygens (including phenoxy) is 1. The van der Waals surface area contributed by atoms with Crippen LogP contribution in [0.4, 0.5) is 0 Å². The highest BCUT2D eigenvalue weighted by Gasteiger charge is 2.28. The van der Waals surface area contributed by atoms with Gasteiger partial charge in [0.25, 0.3) is 0 Å². The van der Waals surface area contributed by atoms with E-state index in [9.17, 15) is 5.11 Å². The van der Waals surface area contributed by atoms with Gasteiger partial charge in [-0.15, -0.1) is 0 Å². The van der Waals surface area contributed by atoms with Crippen molar-refractivity contribution in [1.82, 2.24) is 15.5 Å². The van der Waals surface area contributed by atoms with E-state index in [-0.39, 0.29) is 12.1 Å². The van der Waals surface area contributed by atoms with Gasteiger partial charge in [0.15, 0.2) is 0 Å². The van der Waals surface area contributed by atoms with Gasteiger partial charge in [0.1, 0.15) is 5.75 Å². The van der Waals surface area contributed by atoms with Crippen molar-refractivity contribution in [2.75, 3.05) is 13.2 Å². The Morgan fingerprint density at radius 1 is 1.50 bits per heavy atom. The van der Waals surface area contributed by atoms with Gasteiger partial charge in [0.2, 0.25) is 11.7 Å². The van der Waals surface area contributed by atoms with Crippen molar-refractivity contribution in [1.29, 1.82) is 0 Å². The molecule has 1 aliphatic rings. The molecular weight excluding hydrogens is 258 g/mol. The second-order valence-corrected chi connectivity index (χ2v) is 4.77. The van der Waals surface area contributed by atoms with Crippen LogP contribution in [0.25, 0.3) is 11.4 Å². The third-order valence-corrected chi connectivity index (χ3v) is 3.25. The minimum atomic E-state index is -0.350. The molecule has 0 amide bonds. The van der Waals surface area contributed by atoms with Crippen LogP contribution in [0.15, 0.2) is 28.8 Å². The fourth-order valence-corrected chi connectivity index (χ4v) is 2.29. The lowest BCUT2D eigenvalue weighted by atomic mass is 10.2. The number of nitrogens with one attached hydrogen (secondary N) is 1. The Hall–Kier alpha value is -1.92. The summed E-state index contributed by atoms with van der Waals surface area (Å²) in [4.78, 5) is 4.39. The molecule has 0 saturated carbocycles. The third-order valence-electron chi connectivity index (χ3n) is 3.25. The Bertz CT molecular complexity index is 585. The number of aliphatic hydroxyl groups excluding tert-OH is 1. The lowest BCUT2D eigenvalue weighted by Crippen LogP contribution is -2.15. The van der Waals surface area contributed by atoms with Gasteiger partial charge in [-0.25, -0.2) is 0 Å². The number of aliphatic hydroxyl groups is 1. The minimum absolute atomic E-state index is 0.0682. The Balaban J connectivity index is 1.81. The molecule has 20 heavy (non-hydrogen) atoms. The van der Waals surface area contributed by atoms with Gasteiger partial charge in [-0.1, -0.05) is 17.3 Å². The highest BCUT2D eigenvalue weighted by atomic mass is 16.5. The number of aromatic nitrogens is 2. The van der Waals surface area contributed by atoms with E-state index in [2.05, 4.69) is 15.5 Å². The molecule has 1 aromatic carbocycles. The summed E-state index contributed by atoms with van der Waals surface area (Å²) in [5.41, 5.74) is 0.851. The maximum atomic E-state index is 9.51. The number of hydrogen-bond acceptors (Lipinski definition) is 6. The van der Waals surface area contributed by atoms with E-state index in [1.165, 1.54) is 0 Å². The fourth-order valence-electron chi connectivity index (χ4n) is 2.29. The van der Waals surface area contributed by atoms with Gasteiger partial charge >= 0.3 is 0 Å². The average Bonchev–Trinajstić information content (AvgIpc) is 3.08. The Morgan fingerprint density at radius 2 is 2.40 bits per heavy atom. The van der Waals surface area contributed by atoms with Crippen molar-refractivity contribution >= 4 is 0 Å². The average molecular weight is 275 g/mol. The molecular formula is C14H17N3O3. The molecule has 6 nitrogen and oxygen atoms in total. The van der Waals surface area contributed by atoms with E-state index < -0.39 is 0 Å². The summed E-state index contributed by atoms with van der Waals surface area (Å²) in [5.74, 6) is 1.83. The summed E-state index contributed by atoms with van der Waals surface area (Å²) in [7, 11) is 0.